The molecule has 0 saturated carbocycles. The molecule has 0 aromatic heterocycles. The Morgan fingerprint density at radius 1 is 1.21 bits per heavy atom. The van der Waals surface area contributed by atoms with Crippen LogP contribution in [0, 0.1) is 6.92 Å². The Morgan fingerprint density at radius 3 is 2.32 bits per heavy atom. The third-order valence-corrected chi connectivity index (χ3v) is 3.88. The quantitative estimate of drug-likeness (QED) is 0.843. The van der Waals surface area contributed by atoms with Crippen LogP contribution in [0.2, 0.25) is 0 Å². The zero-order valence-electron chi connectivity index (χ0n) is 11.8. The summed E-state index contributed by atoms with van der Waals surface area (Å²) in [6.45, 7) is 7.53. The third kappa shape index (κ3) is 2.67. The van der Waals surface area contributed by atoms with Gasteiger partial charge in [0.15, 0.2) is 0 Å². The average Bonchev–Trinajstić information content (AvgIpc) is 2.49. The fourth-order valence-corrected chi connectivity index (χ4v) is 2.20. The van der Waals surface area contributed by atoms with E-state index in [9.17, 15) is 4.79 Å². The van der Waals surface area contributed by atoms with Crippen molar-refractivity contribution in [3.63, 3.8) is 0 Å². The van der Waals surface area contributed by atoms with Gasteiger partial charge in [0.1, 0.15) is 0 Å². The number of carbonyl (C=O) groups is 1. The molecule has 1 saturated heterocycles. The Labute approximate surface area is 113 Å². The SMILES string of the molecule is Cc1ccc(B2OC(C)(C)C(C)(CC(=O)O)O2)cc1. The van der Waals surface area contributed by atoms with E-state index >= 15 is 0 Å². The maximum absolute atomic E-state index is 11.0. The average molecular weight is 262 g/mol. The molecule has 1 heterocycles. The van der Waals surface area contributed by atoms with E-state index in [0.29, 0.717) is 0 Å². The largest absolute Gasteiger partial charge is 0.494 e. The topological polar surface area (TPSA) is 55.8 Å². The molecule has 5 heteroatoms. The van der Waals surface area contributed by atoms with E-state index in [1.807, 2.05) is 45.0 Å². The molecule has 1 aromatic rings. The second-order valence-corrected chi connectivity index (χ2v) is 5.79. The molecule has 0 spiro atoms. The summed E-state index contributed by atoms with van der Waals surface area (Å²) in [4.78, 5) is 11.0. The van der Waals surface area contributed by atoms with Crippen molar-refractivity contribution in [3.05, 3.63) is 29.8 Å². The Hall–Kier alpha value is -1.33. The van der Waals surface area contributed by atoms with Crippen LogP contribution >= 0.6 is 0 Å². The summed E-state index contributed by atoms with van der Waals surface area (Å²) in [6, 6.07) is 7.87. The summed E-state index contributed by atoms with van der Waals surface area (Å²) >= 11 is 0. The maximum Gasteiger partial charge on any atom is 0.494 e. The molecule has 1 aromatic carbocycles. The van der Waals surface area contributed by atoms with Crippen molar-refractivity contribution >= 4 is 18.6 Å². The predicted octanol–water partition coefficient (Wildman–Crippen LogP) is 1.75. The number of benzene rings is 1. The van der Waals surface area contributed by atoms with Crippen molar-refractivity contribution in [2.45, 2.75) is 45.3 Å². The number of rotatable bonds is 3. The molecular formula is C14H19BO4. The van der Waals surface area contributed by atoms with E-state index in [-0.39, 0.29) is 6.42 Å². The minimum atomic E-state index is -0.885. The second-order valence-electron chi connectivity index (χ2n) is 5.79. The summed E-state index contributed by atoms with van der Waals surface area (Å²) in [5.74, 6) is -0.885. The fraction of sp³-hybridized carbons (Fsp3) is 0.500. The number of hydrogen-bond donors (Lipinski definition) is 1. The summed E-state index contributed by atoms with van der Waals surface area (Å²) in [7, 11) is -0.514. The highest BCUT2D eigenvalue weighted by molar-refractivity contribution is 6.62. The molecule has 1 atom stereocenters. The van der Waals surface area contributed by atoms with Crippen molar-refractivity contribution in [2.24, 2.45) is 0 Å². The first-order valence-corrected chi connectivity index (χ1v) is 6.37. The lowest BCUT2D eigenvalue weighted by Crippen LogP contribution is -2.46. The Morgan fingerprint density at radius 2 is 1.79 bits per heavy atom. The van der Waals surface area contributed by atoms with E-state index in [2.05, 4.69) is 0 Å². The molecule has 0 amide bonds. The van der Waals surface area contributed by atoms with Crippen LogP contribution in [0.15, 0.2) is 24.3 Å². The van der Waals surface area contributed by atoms with Gasteiger partial charge < -0.3 is 14.4 Å². The number of aliphatic carboxylic acids is 1. The van der Waals surface area contributed by atoms with Gasteiger partial charge >= 0.3 is 13.1 Å². The summed E-state index contributed by atoms with van der Waals surface area (Å²) in [5.41, 5.74) is 0.581. The van der Waals surface area contributed by atoms with Crippen molar-refractivity contribution in [1.82, 2.24) is 0 Å². The first kappa shape index (κ1) is 14.1. The monoisotopic (exact) mass is 262 g/mol. The highest BCUT2D eigenvalue weighted by Gasteiger charge is 2.55. The zero-order chi connectivity index (χ0) is 14.3. The van der Waals surface area contributed by atoms with Gasteiger partial charge in [0.05, 0.1) is 17.6 Å². The molecule has 0 aliphatic carbocycles. The Balaban J connectivity index is 2.24. The van der Waals surface area contributed by atoms with Crippen molar-refractivity contribution in [1.29, 1.82) is 0 Å². The van der Waals surface area contributed by atoms with E-state index in [0.717, 1.165) is 11.0 Å². The van der Waals surface area contributed by atoms with Crippen LogP contribution in [0.1, 0.15) is 32.8 Å². The lowest BCUT2D eigenvalue weighted by atomic mass is 9.79. The first-order valence-electron chi connectivity index (χ1n) is 6.37. The lowest BCUT2D eigenvalue weighted by molar-refractivity contribution is -0.143. The predicted molar refractivity (Wildman–Crippen MR) is 73.5 cm³/mol. The van der Waals surface area contributed by atoms with Crippen LogP contribution in [0.25, 0.3) is 0 Å². The molecule has 102 valence electrons. The molecule has 1 fully saturated rings. The van der Waals surface area contributed by atoms with Gasteiger partial charge in [0.25, 0.3) is 0 Å². The standard InChI is InChI=1S/C14H19BO4/c1-10-5-7-11(8-6-10)15-18-13(2,3)14(4,19-15)9-12(16)17/h5-8H,9H2,1-4H3,(H,16,17). The first-order chi connectivity index (χ1) is 8.73. The molecule has 1 N–H and O–H groups in total. The second kappa shape index (κ2) is 4.65. The minimum absolute atomic E-state index is 0.0810. The molecular weight excluding hydrogens is 243 g/mol. The van der Waals surface area contributed by atoms with Crippen LogP contribution < -0.4 is 5.46 Å². The van der Waals surface area contributed by atoms with Gasteiger partial charge in [0, 0.05) is 0 Å². The number of carboxylic acid groups (broad SMARTS) is 1. The molecule has 1 aliphatic rings. The van der Waals surface area contributed by atoms with Gasteiger partial charge in [-0.3, -0.25) is 4.79 Å². The fourth-order valence-electron chi connectivity index (χ4n) is 2.20. The van der Waals surface area contributed by atoms with Gasteiger partial charge in [-0.1, -0.05) is 29.8 Å². The van der Waals surface area contributed by atoms with Gasteiger partial charge in [-0.05, 0) is 33.2 Å². The van der Waals surface area contributed by atoms with Gasteiger partial charge in [-0.25, -0.2) is 0 Å². The number of carboxylic acids is 1. The normalized spacial score (nSPS) is 25.6. The van der Waals surface area contributed by atoms with Gasteiger partial charge in [0.2, 0.25) is 0 Å². The lowest BCUT2D eigenvalue weighted by Gasteiger charge is -2.34. The van der Waals surface area contributed by atoms with Crippen LogP contribution in [0.5, 0.6) is 0 Å². The highest BCUT2D eigenvalue weighted by Crippen LogP contribution is 2.39. The highest BCUT2D eigenvalue weighted by atomic mass is 16.7. The van der Waals surface area contributed by atoms with E-state index in [4.69, 9.17) is 14.4 Å². The molecule has 1 aliphatic heterocycles. The minimum Gasteiger partial charge on any atom is -0.481 e. The third-order valence-electron chi connectivity index (χ3n) is 3.88. The number of hydrogen-bond acceptors (Lipinski definition) is 3. The van der Waals surface area contributed by atoms with E-state index in [1.54, 1.807) is 6.92 Å². The van der Waals surface area contributed by atoms with Crippen molar-refractivity contribution in [3.8, 4) is 0 Å². The van der Waals surface area contributed by atoms with Gasteiger partial charge in [-0.15, -0.1) is 0 Å². The van der Waals surface area contributed by atoms with Crippen LogP contribution in [-0.4, -0.2) is 29.4 Å². The van der Waals surface area contributed by atoms with Gasteiger partial charge in [-0.2, -0.15) is 0 Å². The van der Waals surface area contributed by atoms with Crippen LogP contribution in [0.4, 0.5) is 0 Å². The van der Waals surface area contributed by atoms with Crippen LogP contribution in [0.3, 0.4) is 0 Å². The van der Waals surface area contributed by atoms with E-state index in [1.165, 1.54) is 0 Å². The molecule has 0 bridgehead atoms. The summed E-state index contributed by atoms with van der Waals surface area (Å²) in [6.07, 6.45) is -0.0810. The van der Waals surface area contributed by atoms with Crippen molar-refractivity contribution < 1.29 is 19.2 Å². The van der Waals surface area contributed by atoms with E-state index < -0.39 is 24.3 Å². The molecule has 0 radical (unpaired) electrons. The van der Waals surface area contributed by atoms with Crippen molar-refractivity contribution in [2.75, 3.05) is 0 Å². The zero-order valence-corrected chi connectivity index (χ0v) is 11.8. The number of aryl methyl sites for hydroxylation is 1. The molecule has 2 rings (SSSR count). The summed E-state index contributed by atoms with van der Waals surface area (Å²) in [5, 5.41) is 9.03. The summed E-state index contributed by atoms with van der Waals surface area (Å²) < 4.78 is 11.8. The maximum atomic E-state index is 11.0. The Bertz CT molecular complexity index is 483. The molecule has 4 nitrogen and oxygen atoms in total. The molecule has 1 unspecified atom stereocenters. The Kier molecular flexibility index (Phi) is 3.45. The molecule has 19 heavy (non-hydrogen) atoms. The van der Waals surface area contributed by atoms with Crippen LogP contribution in [-0.2, 0) is 14.1 Å². The smallest absolute Gasteiger partial charge is 0.481 e.